The van der Waals surface area contributed by atoms with Gasteiger partial charge in [0.25, 0.3) is 0 Å². The predicted molar refractivity (Wildman–Crippen MR) is 79.3 cm³/mol. The topological polar surface area (TPSA) is 9.23 Å². The fourth-order valence-corrected chi connectivity index (χ4v) is 1.59. The standard InChI is InChI=1S/C18H18O/c1-15(2)7-6-8-16-11-13-18(14-12-16)19-17-9-4-3-5-10-17/h3-5,9-15H,7H2,1-2H3. The molecule has 0 aliphatic heterocycles. The number of benzene rings is 2. The van der Waals surface area contributed by atoms with E-state index in [1.807, 2.05) is 54.6 Å². The van der Waals surface area contributed by atoms with Crippen LogP contribution in [0.2, 0.25) is 0 Å². The largest absolute Gasteiger partial charge is 0.457 e. The minimum absolute atomic E-state index is 0.619. The van der Waals surface area contributed by atoms with E-state index in [1.165, 1.54) is 0 Å². The lowest BCUT2D eigenvalue weighted by Crippen LogP contribution is -1.84. The molecule has 0 radical (unpaired) electrons. The van der Waals surface area contributed by atoms with Gasteiger partial charge in [-0.1, -0.05) is 43.9 Å². The summed E-state index contributed by atoms with van der Waals surface area (Å²) in [6.45, 7) is 4.34. The predicted octanol–water partition coefficient (Wildman–Crippen LogP) is 4.88. The number of hydrogen-bond donors (Lipinski definition) is 0. The molecule has 0 amide bonds. The monoisotopic (exact) mass is 250 g/mol. The van der Waals surface area contributed by atoms with Crippen molar-refractivity contribution in [3.8, 4) is 23.3 Å². The number of para-hydroxylation sites is 1. The summed E-state index contributed by atoms with van der Waals surface area (Å²) >= 11 is 0. The van der Waals surface area contributed by atoms with Gasteiger partial charge >= 0.3 is 0 Å². The average molecular weight is 250 g/mol. The maximum Gasteiger partial charge on any atom is 0.127 e. The van der Waals surface area contributed by atoms with E-state index in [1.54, 1.807) is 0 Å². The number of ether oxygens (including phenoxy) is 1. The lowest BCUT2D eigenvalue weighted by molar-refractivity contribution is 0.482. The van der Waals surface area contributed by atoms with Crippen LogP contribution in [-0.4, -0.2) is 0 Å². The Morgan fingerprint density at radius 2 is 1.53 bits per heavy atom. The summed E-state index contributed by atoms with van der Waals surface area (Å²) in [5, 5.41) is 0. The Labute approximate surface area is 115 Å². The smallest absolute Gasteiger partial charge is 0.127 e. The lowest BCUT2D eigenvalue weighted by Gasteiger charge is -2.04. The van der Waals surface area contributed by atoms with Crippen molar-refractivity contribution < 1.29 is 4.74 Å². The summed E-state index contributed by atoms with van der Waals surface area (Å²) < 4.78 is 5.73. The van der Waals surface area contributed by atoms with Crippen LogP contribution in [0.3, 0.4) is 0 Å². The Balaban J connectivity index is 2.00. The van der Waals surface area contributed by atoms with Crippen molar-refractivity contribution in [3.05, 3.63) is 60.2 Å². The fraction of sp³-hybridized carbons (Fsp3) is 0.222. The summed E-state index contributed by atoms with van der Waals surface area (Å²) in [5.41, 5.74) is 1.03. The second-order valence-corrected chi connectivity index (χ2v) is 4.84. The summed E-state index contributed by atoms with van der Waals surface area (Å²) in [5.74, 6) is 8.64. The molecule has 0 fully saturated rings. The van der Waals surface area contributed by atoms with Crippen LogP contribution in [0.25, 0.3) is 0 Å². The molecule has 0 N–H and O–H groups in total. The van der Waals surface area contributed by atoms with Crippen LogP contribution < -0.4 is 4.74 Å². The molecule has 0 saturated carbocycles. The van der Waals surface area contributed by atoms with E-state index in [-0.39, 0.29) is 0 Å². The van der Waals surface area contributed by atoms with Crippen LogP contribution in [0.5, 0.6) is 11.5 Å². The first-order valence-corrected chi connectivity index (χ1v) is 6.56. The summed E-state index contributed by atoms with van der Waals surface area (Å²) in [6.07, 6.45) is 0.933. The van der Waals surface area contributed by atoms with Crippen molar-refractivity contribution >= 4 is 0 Å². The Morgan fingerprint density at radius 1 is 0.895 bits per heavy atom. The SMILES string of the molecule is CC(C)CC#Cc1ccc(Oc2ccccc2)cc1. The third kappa shape index (κ3) is 4.52. The van der Waals surface area contributed by atoms with Crippen molar-refractivity contribution in [1.82, 2.24) is 0 Å². The molecule has 0 heterocycles. The molecule has 19 heavy (non-hydrogen) atoms. The molecule has 96 valence electrons. The summed E-state index contributed by atoms with van der Waals surface area (Å²) in [6, 6.07) is 17.7. The molecule has 1 nitrogen and oxygen atoms in total. The Morgan fingerprint density at radius 3 is 2.16 bits per heavy atom. The third-order valence-electron chi connectivity index (χ3n) is 2.58. The van der Waals surface area contributed by atoms with Gasteiger partial charge in [-0.15, -0.1) is 0 Å². The molecule has 0 bridgehead atoms. The van der Waals surface area contributed by atoms with Gasteiger partial charge in [0.1, 0.15) is 11.5 Å². The van der Waals surface area contributed by atoms with Gasteiger partial charge in [0.2, 0.25) is 0 Å². The van der Waals surface area contributed by atoms with Gasteiger partial charge in [-0.3, -0.25) is 0 Å². The van der Waals surface area contributed by atoms with Crippen molar-refractivity contribution in [3.63, 3.8) is 0 Å². The summed E-state index contributed by atoms with van der Waals surface area (Å²) in [4.78, 5) is 0. The first-order valence-electron chi connectivity index (χ1n) is 6.56. The minimum Gasteiger partial charge on any atom is -0.457 e. The maximum atomic E-state index is 5.73. The van der Waals surface area contributed by atoms with Crippen LogP contribution in [0.1, 0.15) is 25.8 Å². The van der Waals surface area contributed by atoms with Crippen molar-refractivity contribution in [2.45, 2.75) is 20.3 Å². The highest BCUT2D eigenvalue weighted by Gasteiger charge is 1.96. The summed E-state index contributed by atoms with van der Waals surface area (Å²) in [7, 11) is 0. The zero-order valence-electron chi connectivity index (χ0n) is 11.4. The number of rotatable bonds is 3. The van der Waals surface area contributed by atoms with Crippen molar-refractivity contribution in [1.29, 1.82) is 0 Å². The molecule has 0 saturated heterocycles. The molecule has 0 atom stereocenters. The molecule has 2 aromatic rings. The van der Waals surface area contributed by atoms with Crippen LogP contribution >= 0.6 is 0 Å². The van der Waals surface area contributed by atoms with E-state index in [9.17, 15) is 0 Å². The van der Waals surface area contributed by atoms with Gasteiger partial charge < -0.3 is 4.74 Å². The fourth-order valence-electron chi connectivity index (χ4n) is 1.59. The normalized spacial score (nSPS) is 9.84. The van der Waals surface area contributed by atoms with Gasteiger partial charge in [0.15, 0.2) is 0 Å². The minimum atomic E-state index is 0.619. The Bertz CT molecular complexity index is 556. The maximum absolute atomic E-state index is 5.73. The molecule has 0 aliphatic carbocycles. The highest BCUT2D eigenvalue weighted by Crippen LogP contribution is 2.20. The van der Waals surface area contributed by atoms with Gasteiger partial charge in [-0.25, -0.2) is 0 Å². The molecular weight excluding hydrogens is 232 g/mol. The van der Waals surface area contributed by atoms with Gasteiger partial charge in [-0.2, -0.15) is 0 Å². The molecule has 1 heteroatoms. The highest BCUT2D eigenvalue weighted by molar-refractivity contribution is 5.39. The molecule has 2 aromatic carbocycles. The van der Waals surface area contributed by atoms with E-state index >= 15 is 0 Å². The van der Waals surface area contributed by atoms with E-state index in [0.29, 0.717) is 5.92 Å². The van der Waals surface area contributed by atoms with Gasteiger partial charge in [-0.05, 0) is 42.3 Å². The van der Waals surface area contributed by atoms with Crippen LogP contribution in [0.4, 0.5) is 0 Å². The molecule has 0 unspecified atom stereocenters. The average Bonchev–Trinajstić information content (AvgIpc) is 2.42. The third-order valence-corrected chi connectivity index (χ3v) is 2.58. The van der Waals surface area contributed by atoms with E-state index in [2.05, 4.69) is 25.7 Å². The number of hydrogen-bond acceptors (Lipinski definition) is 1. The quantitative estimate of drug-likeness (QED) is 0.706. The Kier molecular flexibility index (Phi) is 4.64. The first-order chi connectivity index (χ1) is 9.24. The van der Waals surface area contributed by atoms with E-state index in [4.69, 9.17) is 4.74 Å². The molecule has 2 rings (SSSR count). The first kappa shape index (κ1) is 13.2. The zero-order valence-corrected chi connectivity index (χ0v) is 11.4. The van der Waals surface area contributed by atoms with Crippen LogP contribution in [-0.2, 0) is 0 Å². The Hall–Kier alpha value is -2.20. The second-order valence-electron chi connectivity index (χ2n) is 4.84. The van der Waals surface area contributed by atoms with Gasteiger partial charge in [0.05, 0.1) is 0 Å². The van der Waals surface area contributed by atoms with E-state index in [0.717, 1.165) is 23.5 Å². The molecular formula is C18H18O. The second kappa shape index (κ2) is 6.66. The highest BCUT2D eigenvalue weighted by atomic mass is 16.5. The van der Waals surface area contributed by atoms with Crippen molar-refractivity contribution in [2.75, 3.05) is 0 Å². The lowest BCUT2D eigenvalue weighted by atomic mass is 10.1. The zero-order chi connectivity index (χ0) is 13.5. The molecule has 0 aromatic heterocycles. The molecule has 0 spiro atoms. The molecule has 0 aliphatic rings. The van der Waals surface area contributed by atoms with Gasteiger partial charge in [0, 0.05) is 12.0 Å². The van der Waals surface area contributed by atoms with Crippen molar-refractivity contribution in [2.24, 2.45) is 5.92 Å². The van der Waals surface area contributed by atoms with E-state index < -0.39 is 0 Å². The van der Waals surface area contributed by atoms with Crippen LogP contribution in [0, 0.1) is 17.8 Å². The van der Waals surface area contributed by atoms with Crippen LogP contribution in [0.15, 0.2) is 54.6 Å².